The summed E-state index contributed by atoms with van der Waals surface area (Å²) in [5.41, 5.74) is 6.53. The van der Waals surface area contributed by atoms with Gasteiger partial charge in [-0.1, -0.05) is 42.3 Å². The van der Waals surface area contributed by atoms with Crippen LogP contribution >= 0.6 is 0 Å². The number of nitrogens with one attached hydrogen (secondary N) is 1. The lowest BCUT2D eigenvalue weighted by atomic mass is 9.97. The number of aryl methyl sites for hydroxylation is 3. The van der Waals surface area contributed by atoms with Gasteiger partial charge in [0.15, 0.2) is 0 Å². The van der Waals surface area contributed by atoms with E-state index in [-0.39, 0.29) is 0 Å². The van der Waals surface area contributed by atoms with Gasteiger partial charge in [-0.05, 0) is 50.4 Å². The second-order valence-electron chi connectivity index (χ2n) is 5.61. The molecule has 0 saturated heterocycles. The Bertz CT molecular complexity index is 555. The molecule has 1 aromatic carbocycles. The minimum absolute atomic E-state index is 0.327. The second kappa shape index (κ2) is 6.67. The molecule has 0 radical (unpaired) electrons. The summed E-state index contributed by atoms with van der Waals surface area (Å²) in [5.74, 6) is 0. The Kier molecular flexibility index (Phi) is 4.91. The van der Waals surface area contributed by atoms with Crippen LogP contribution in [-0.4, -0.2) is 11.5 Å². The predicted molar refractivity (Wildman–Crippen MR) is 85.0 cm³/mol. The summed E-state index contributed by atoms with van der Waals surface area (Å²) in [7, 11) is 0. The molecule has 2 heteroatoms. The molecule has 2 aromatic rings. The minimum atomic E-state index is 0.327. The van der Waals surface area contributed by atoms with Gasteiger partial charge in [-0.2, -0.15) is 0 Å². The van der Waals surface area contributed by atoms with Crippen molar-refractivity contribution in [2.75, 3.05) is 6.54 Å². The molecule has 0 spiro atoms. The molecule has 0 aliphatic heterocycles. The highest BCUT2D eigenvalue weighted by molar-refractivity contribution is 5.31. The van der Waals surface area contributed by atoms with Gasteiger partial charge in [0.1, 0.15) is 0 Å². The average Bonchev–Trinajstić information content (AvgIpc) is 2.37. The van der Waals surface area contributed by atoms with Crippen LogP contribution < -0.4 is 5.32 Å². The van der Waals surface area contributed by atoms with Crippen molar-refractivity contribution in [3.63, 3.8) is 0 Å². The van der Waals surface area contributed by atoms with Crippen LogP contribution in [0.4, 0.5) is 0 Å². The lowest BCUT2D eigenvalue weighted by molar-refractivity contribution is 0.547. The molecule has 2 rings (SSSR count). The lowest BCUT2D eigenvalue weighted by Gasteiger charge is -2.19. The van der Waals surface area contributed by atoms with E-state index in [1.54, 1.807) is 0 Å². The van der Waals surface area contributed by atoms with Gasteiger partial charge in [-0.15, -0.1) is 0 Å². The Morgan fingerprint density at radius 3 is 2.25 bits per heavy atom. The van der Waals surface area contributed by atoms with Crippen LogP contribution in [0.5, 0.6) is 0 Å². The van der Waals surface area contributed by atoms with E-state index >= 15 is 0 Å². The summed E-state index contributed by atoms with van der Waals surface area (Å²) in [4.78, 5) is 4.32. The number of likely N-dealkylation sites (N-methyl/N-ethyl adjacent to an activating group) is 1. The average molecular weight is 268 g/mol. The molecule has 1 aromatic heterocycles. The van der Waals surface area contributed by atoms with Gasteiger partial charge in [0.2, 0.25) is 0 Å². The van der Waals surface area contributed by atoms with Gasteiger partial charge < -0.3 is 5.32 Å². The third kappa shape index (κ3) is 3.91. The van der Waals surface area contributed by atoms with E-state index in [0.29, 0.717) is 6.04 Å². The molecule has 0 saturated carbocycles. The number of hydrogen-bond acceptors (Lipinski definition) is 2. The normalized spacial score (nSPS) is 12.4. The zero-order valence-electron chi connectivity index (χ0n) is 12.9. The van der Waals surface area contributed by atoms with Crippen LogP contribution in [0.25, 0.3) is 0 Å². The molecule has 1 unspecified atom stereocenters. The molecule has 1 atom stereocenters. The summed E-state index contributed by atoms with van der Waals surface area (Å²) in [6.07, 6.45) is 4.88. The van der Waals surface area contributed by atoms with Crippen molar-refractivity contribution in [3.8, 4) is 0 Å². The zero-order valence-corrected chi connectivity index (χ0v) is 12.9. The summed E-state index contributed by atoms with van der Waals surface area (Å²) in [6.45, 7) is 9.53. The molecule has 0 aliphatic carbocycles. The van der Waals surface area contributed by atoms with Crippen molar-refractivity contribution in [3.05, 3.63) is 64.5 Å². The molecule has 0 bridgehead atoms. The third-order valence-corrected chi connectivity index (χ3v) is 3.47. The maximum Gasteiger partial charge on any atom is 0.0376 e. The van der Waals surface area contributed by atoms with Crippen molar-refractivity contribution in [1.29, 1.82) is 0 Å². The predicted octanol–water partition coefficient (Wildman–Crippen LogP) is 3.90. The molecule has 1 heterocycles. The molecule has 20 heavy (non-hydrogen) atoms. The number of nitrogens with zero attached hydrogens (tertiary/aromatic N) is 1. The van der Waals surface area contributed by atoms with Crippen LogP contribution in [-0.2, 0) is 6.42 Å². The highest BCUT2D eigenvalue weighted by Gasteiger charge is 2.12. The van der Waals surface area contributed by atoms with Crippen molar-refractivity contribution in [1.82, 2.24) is 10.3 Å². The highest BCUT2D eigenvalue weighted by Crippen LogP contribution is 2.20. The van der Waals surface area contributed by atoms with E-state index in [2.05, 4.69) is 62.3 Å². The number of hydrogen-bond donors (Lipinski definition) is 1. The van der Waals surface area contributed by atoms with Crippen LogP contribution in [0.15, 0.2) is 36.7 Å². The topological polar surface area (TPSA) is 24.9 Å². The standard InChI is InChI=1S/C18H24N2/c1-5-20-18(17-9-15(4)11-19-12-17)10-16-7-13(2)6-14(3)8-16/h6-9,11-12,18,20H,5,10H2,1-4H3. The van der Waals surface area contributed by atoms with Crippen molar-refractivity contribution in [2.45, 2.75) is 40.2 Å². The molecular formula is C18H24N2. The van der Waals surface area contributed by atoms with E-state index in [0.717, 1.165) is 13.0 Å². The van der Waals surface area contributed by atoms with Crippen molar-refractivity contribution in [2.24, 2.45) is 0 Å². The summed E-state index contributed by atoms with van der Waals surface area (Å²) >= 11 is 0. The van der Waals surface area contributed by atoms with Crippen LogP contribution in [0, 0.1) is 20.8 Å². The monoisotopic (exact) mass is 268 g/mol. The maximum absolute atomic E-state index is 4.32. The number of aromatic nitrogens is 1. The molecule has 1 N–H and O–H groups in total. The van der Waals surface area contributed by atoms with Crippen LogP contribution in [0.1, 0.15) is 40.8 Å². The highest BCUT2D eigenvalue weighted by atomic mass is 14.9. The van der Waals surface area contributed by atoms with Gasteiger partial charge in [-0.3, -0.25) is 4.98 Å². The first kappa shape index (κ1) is 14.7. The van der Waals surface area contributed by atoms with Gasteiger partial charge in [0.25, 0.3) is 0 Å². The Balaban J connectivity index is 2.25. The van der Waals surface area contributed by atoms with Crippen molar-refractivity contribution >= 4 is 0 Å². The SMILES string of the molecule is CCNC(Cc1cc(C)cc(C)c1)c1cncc(C)c1. The fourth-order valence-electron chi connectivity index (χ4n) is 2.75. The molecule has 106 valence electrons. The summed E-state index contributed by atoms with van der Waals surface area (Å²) in [6, 6.07) is 9.33. The van der Waals surface area contributed by atoms with Gasteiger partial charge >= 0.3 is 0 Å². The third-order valence-electron chi connectivity index (χ3n) is 3.47. The van der Waals surface area contributed by atoms with E-state index in [1.165, 1.54) is 27.8 Å². The molecule has 0 aliphatic rings. The van der Waals surface area contributed by atoms with Crippen LogP contribution in [0.3, 0.4) is 0 Å². The van der Waals surface area contributed by atoms with E-state index in [9.17, 15) is 0 Å². The summed E-state index contributed by atoms with van der Waals surface area (Å²) < 4.78 is 0. The Hall–Kier alpha value is -1.67. The van der Waals surface area contributed by atoms with Gasteiger partial charge in [0.05, 0.1) is 0 Å². The number of benzene rings is 1. The van der Waals surface area contributed by atoms with E-state index in [4.69, 9.17) is 0 Å². The first-order valence-corrected chi connectivity index (χ1v) is 7.30. The largest absolute Gasteiger partial charge is 0.310 e. The van der Waals surface area contributed by atoms with Crippen LogP contribution in [0.2, 0.25) is 0 Å². The molecule has 0 amide bonds. The van der Waals surface area contributed by atoms with E-state index in [1.807, 2.05) is 12.4 Å². The first-order chi connectivity index (χ1) is 9.58. The maximum atomic E-state index is 4.32. The van der Waals surface area contributed by atoms with Gasteiger partial charge in [0, 0.05) is 18.4 Å². The molecule has 0 fully saturated rings. The Morgan fingerprint density at radius 1 is 0.950 bits per heavy atom. The first-order valence-electron chi connectivity index (χ1n) is 7.30. The van der Waals surface area contributed by atoms with Gasteiger partial charge in [-0.25, -0.2) is 0 Å². The summed E-state index contributed by atoms with van der Waals surface area (Å²) in [5, 5.41) is 3.57. The van der Waals surface area contributed by atoms with Crippen molar-refractivity contribution < 1.29 is 0 Å². The second-order valence-corrected chi connectivity index (χ2v) is 5.61. The lowest BCUT2D eigenvalue weighted by Crippen LogP contribution is -2.23. The Morgan fingerprint density at radius 2 is 1.65 bits per heavy atom. The fourth-order valence-corrected chi connectivity index (χ4v) is 2.75. The minimum Gasteiger partial charge on any atom is -0.310 e. The number of rotatable bonds is 5. The quantitative estimate of drug-likeness (QED) is 0.889. The smallest absolute Gasteiger partial charge is 0.0376 e. The molecule has 2 nitrogen and oxygen atoms in total. The number of pyridine rings is 1. The fraction of sp³-hybridized carbons (Fsp3) is 0.389. The molecular weight excluding hydrogens is 244 g/mol. The Labute approximate surface area is 122 Å². The zero-order chi connectivity index (χ0) is 14.5. The van der Waals surface area contributed by atoms with E-state index < -0.39 is 0 Å².